The van der Waals surface area contributed by atoms with E-state index in [0.717, 1.165) is 5.56 Å². The number of rotatable bonds is 3. The van der Waals surface area contributed by atoms with Gasteiger partial charge in [0.25, 0.3) is 5.56 Å². The predicted octanol–water partition coefficient (Wildman–Crippen LogP) is 2.91. The molecule has 24 heavy (non-hydrogen) atoms. The summed E-state index contributed by atoms with van der Waals surface area (Å²) in [6.45, 7) is 0.428. The number of benzene rings is 1. The SMILES string of the molecule is COC(=O)c1cc2oc3cc[nH]c(=O)c3c2n1Cc1ccccc1. The number of nitrogens with one attached hydrogen (secondary N) is 1. The number of pyridine rings is 1. The van der Waals surface area contributed by atoms with Gasteiger partial charge in [-0.3, -0.25) is 4.79 Å². The van der Waals surface area contributed by atoms with Gasteiger partial charge < -0.3 is 18.7 Å². The summed E-state index contributed by atoms with van der Waals surface area (Å²) < 4.78 is 12.4. The van der Waals surface area contributed by atoms with Crippen LogP contribution in [0.3, 0.4) is 0 Å². The van der Waals surface area contributed by atoms with Crippen LogP contribution in [0.5, 0.6) is 0 Å². The molecule has 1 aromatic carbocycles. The lowest BCUT2D eigenvalue weighted by atomic mass is 10.2. The van der Waals surface area contributed by atoms with Crippen molar-refractivity contribution in [3.63, 3.8) is 0 Å². The number of fused-ring (bicyclic) bond motifs is 3. The molecule has 0 aliphatic carbocycles. The molecule has 6 nitrogen and oxygen atoms in total. The molecule has 0 fully saturated rings. The standard InChI is InChI=1S/C18H14N2O4/c1-23-18(22)12-9-14-16(15-13(24-14)7-8-19-17(15)21)20(12)10-11-5-3-2-4-6-11/h2-9H,10H2,1H3,(H,19,21). The Morgan fingerprint density at radius 1 is 1.21 bits per heavy atom. The zero-order valence-electron chi connectivity index (χ0n) is 12.9. The highest BCUT2D eigenvalue weighted by atomic mass is 16.5. The molecule has 0 radical (unpaired) electrons. The lowest BCUT2D eigenvalue weighted by molar-refractivity contribution is 0.0589. The van der Waals surface area contributed by atoms with Crippen LogP contribution < -0.4 is 5.56 Å². The quantitative estimate of drug-likeness (QED) is 0.588. The molecule has 0 bridgehead atoms. The Morgan fingerprint density at radius 3 is 2.75 bits per heavy atom. The number of H-pyrrole nitrogens is 1. The van der Waals surface area contributed by atoms with E-state index >= 15 is 0 Å². The molecule has 4 rings (SSSR count). The normalized spacial score (nSPS) is 11.2. The van der Waals surface area contributed by atoms with E-state index in [2.05, 4.69) is 4.98 Å². The molecular weight excluding hydrogens is 308 g/mol. The largest absolute Gasteiger partial charge is 0.464 e. The Labute approximate surface area is 136 Å². The van der Waals surface area contributed by atoms with Crippen LogP contribution in [-0.4, -0.2) is 22.6 Å². The van der Waals surface area contributed by atoms with Crippen LogP contribution in [-0.2, 0) is 11.3 Å². The van der Waals surface area contributed by atoms with Gasteiger partial charge in [-0.15, -0.1) is 0 Å². The summed E-state index contributed by atoms with van der Waals surface area (Å²) in [5.74, 6) is -0.474. The second-order valence-corrected chi connectivity index (χ2v) is 5.45. The molecule has 1 N–H and O–H groups in total. The monoisotopic (exact) mass is 322 g/mol. The maximum Gasteiger partial charge on any atom is 0.354 e. The van der Waals surface area contributed by atoms with E-state index in [1.807, 2.05) is 30.3 Å². The van der Waals surface area contributed by atoms with Crippen molar-refractivity contribution in [1.29, 1.82) is 0 Å². The van der Waals surface area contributed by atoms with Crippen molar-refractivity contribution in [3.8, 4) is 0 Å². The van der Waals surface area contributed by atoms with Gasteiger partial charge in [-0.05, 0) is 11.6 Å². The van der Waals surface area contributed by atoms with E-state index < -0.39 is 5.97 Å². The summed E-state index contributed by atoms with van der Waals surface area (Å²) >= 11 is 0. The molecule has 0 saturated carbocycles. The van der Waals surface area contributed by atoms with Gasteiger partial charge in [-0.25, -0.2) is 4.79 Å². The Bertz CT molecular complexity index is 1100. The molecule has 0 unspecified atom stereocenters. The molecule has 4 aromatic rings. The van der Waals surface area contributed by atoms with Crippen molar-refractivity contribution in [2.75, 3.05) is 7.11 Å². The molecule has 0 amide bonds. The number of aromatic nitrogens is 2. The van der Waals surface area contributed by atoms with Gasteiger partial charge >= 0.3 is 5.97 Å². The highest BCUT2D eigenvalue weighted by Crippen LogP contribution is 2.30. The van der Waals surface area contributed by atoms with Crippen molar-refractivity contribution in [2.24, 2.45) is 0 Å². The molecule has 3 aromatic heterocycles. The fraction of sp³-hybridized carbons (Fsp3) is 0.111. The Morgan fingerprint density at radius 2 is 2.00 bits per heavy atom. The molecule has 120 valence electrons. The smallest absolute Gasteiger partial charge is 0.354 e. The number of hydrogen-bond donors (Lipinski definition) is 1. The third-order valence-corrected chi connectivity index (χ3v) is 4.02. The van der Waals surface area contributed by atoms with E-state index in [4.69, 9.17) is 9.15 Å². The first kappa shape index (κ1) is 14.3. The van der Waals surface area contributed by atoms with Gasteiger partial charge in [-0.1, -0.05) is 30.3 Å². The van der Waals surface area contributed by atoms with Crippen LogP contribution in [0.1, 0.15) is 16.1 Å². The summed E-state index contributed by atoms with van der Waals surface area (Å²) in [6, 6.07) is 13.0. The van der Waals surface area contributed by atoms with E-state index in [1.54, 1.807) is 16.7 Å². The van der Waals surface area contributed by atoms with E-state index in [1.165, 1.54) is 13.3 Å². The molecule has 6 heteroatoms. The van der Waals surface area contributed by atoms with Crippen molar-refractivity contribution < 1.29 is 13.9 Å². The second kappa shape index (κ2) is 5.42. The van der Waals surface area contributed by atoms with Crippen LogP contribution >= 0.6 is 0 Å². The van der Waals surface area contributed by atoms with E-state index in [-0.39, 0.29) is 5.56 Å². The van der Waals surface area contributed by atoms with Crippen LogP contribution in [0.25, 0.3) is 22.1 Å². The topological polar surface area (TPSA) is 77.2 Å². The van der Waals surface area contributed by atoms with Crippen molar-refractivity contribution in [2.45, 2.75) is 6.54 Å². The van der Waals surface area contributed by atoms with Crippen molar-refractivity contribution in [1.82, 2.24) is 9.55 Å². The number of esters is 1. The number of nitrogens with zero attached hydrogens (tertiary/aromatic N) is 1. The number of aromatic amines is 1. The molecule has 0 aliphatic rings. The van der Waals surface area contributed by atoms with Crippen LogP contribution in [0.2, 0.25) is 0 Å². The fourth-order valence-corrected chi connectivity index (χ4v) is 2.95. The maximum atomic E-state index is 12.3. The first-order chi connectivity index (χ1) is 11.7. The number of furan rings is 1. The average Bonchev–Trinajstić information content (AvgIpc) is 3.12. The molecule has 3 heterocycles. The molecule has 0 saturated heterocycles. The average molecular weight is 322 g/mol. The van der Waals surface area contributed by atoms with E-state index in [0.29, 0.717) is 34.3 Å². The minimum atomic E-state index is -0.474. The lowest BCUT2D eigenvalue weighted by Crippen LogP contribution is -2.12. The van der Waals surface area contributed by atoms with Gasteiger partial charge in [-0.2, -0.15) is 0 Å². The van der Waals surface area contributed by atoms with Crippen LogP contribution in [0, 0.1) is 0 Å². The number of methoxy groups -OCH3 is 1. The third-order valence-electron chi connectivity index (χ3n) is 4.02. The van der Waals surface area contributed by atoms with Gasteiger partial charge in [0.15, 0.2) is 5.58 Å². The Balaban J connectivity index is 2.04. The maximum absolute atomic E-state index is 12.3. The van der Waals surface area contributed by atoms with Gasteiger partial charge in [0.1, 0.15) is 22.2 Å². The van der Waals surface area contributed by atoms with Gasteiger partial charge in [0, 0.05) is 18.8 Å². The summed E-state index contributed by atoms with van der Waals surface area (Å²) in [5.41, 5.74) is 2.66. The predicted molar refractivity (Wildman–Crippen MR) is 89.2 cm³/mol. The Hall–Kier alpha value is -3.28. The second-order valence-electron chi connectivity index (χ2n) is 5.45. The molecule has 0 aliphatic heterocycles. The highest BCUT2D eigenvalue weighted by Gasteiger charge is 2.22. The summed E-state index contributed by atoms with van der Waals surface area (Å²) in [5, 5.41) is 0.429. The number of carbonyl (C=O) groups is 1. The summed E-state index contributed by atoms with van der Waals surface area (Å²) in [7, 11) is 1.33. The number of hydrogen-bond acceptors (Lipinski definition) is 4. The fourth-order valence-electron chi connectivity index (χ4n) is 2.95. The van der Waals surface area contributed by atoms with Crippen LogP contribution in [0.4, 0.5) is 0 Å². The summed E-state index contributed by atoms with van der Waals surface area (Å²) in [4.78, 5) is 27.1. The zero-order valence-corrected chi connectivity index (χ0v) is 12.9. The highest BCUT2D eigenvalue weighted by molar-refractivity contribution is 6.06. The number of carbonyl (C=O) groups excluding carboxylic acids is 1. The molecular formula is C18H14N2O4. The first-order valence-electron chi connectivity index (χ1n) is 7.44. The zero-order chi connectivity index (χ0) is 16.7. The Kier molecular flexibility index (Phi) is 3.23. The lowest BCUT2D eigenvalue weighted by Gasteiger charge is -2.09. The van der Waals surface area contributed by atoms with Crippen LogP contribution in [0.15, 0.2) is 57.9 Å². The number of ether oxygens (including phenoxy) is 1. The van der Waals surface area contributed by atoms with Gasteiger partial charge in [0.05, 0.1) is 7.11 Å². The first-order valence-corrected chi connectivity index (χ1v) is 7.44. The molecule has 0 atom stereocenters. The van der Waals surface area contributed by atoms with Crippen molar-refractivity contribution in [3.05, 3.63) is 70.3 Å². The van der Waals surface area contributed by atoms with Gasteiger partial charge in [0.2, 0.25) is 0 Å². The van der Waals surface area contributed by atoms with E-state index in [9.17, 15) is 9.59 Å². The molecule has 0 spiro atoms. The van der Waals surface area contributed by atoms with Crippen molar-refractivity contribution >= 4 is 28.0 Å². The minimum Gasteiger partial charge on any atom is -0.464 e. The third kappa shape index (κ3) is 2.11. The minimum absolute atomic E-state index is 0.255. The summed E-state index contributed by atoms with van der Waals surface area (Å²) in [6.07, 6.45) is 1.54.